The minimum Gasteiger partial charge on any atom is -0.460 e. The summed E-state index contributed by atoms with van der Waals surface area (Å²) in [6.45, 7) is 3.66. The molecule has 5 heteroatoms. The molecule has 0 radical (unpaired) electrons. The summed E-state index contributed by atoms with van der Waals surface area (Å²) in [7, 11) is 0. The number of aromatic nitrogens is 2. The van der Waals surface area contributed by atoms with Gasteiger partial charge < -0.3 is 4.74 Å². The molecule has 2 heterocycles. The molecule has 3 aromatic rings. The van der Waals surface area contributed by atoms with Gasteiger partial charge in [-0.1, -0.05) is 24.3 Å². The Bertz CT molecular complexity index is 834. The molecular weight excluding hydrogens is 320 g/mol. The summed E-state index contributed by atoms with van der Waals surface area (Å²) in [5.41, 5.74) is 2.70. The fourth-order valence-corrected chi connectivity index (χ4v) is 2.99. The van der Waals surface area contributed by atoms with Crippen molar-refractivity contribution in [3.05, 3.63) is 65.7 Å². The van der Waals surface area contributed by atoms with E-state index in [0.717, 1.165) is 21.8 Å². The van der Waals surface area contributed by atoms with E-state index in [1.807, 2.05) is 72.6 Å². The number of para-hydroxylation sites is 1. The number of hydrogen-bond acceptors (Lipinski definition) is 4. The van der Waals surface area contributed by atoms with E-state index in [0.29, 0.717) is 0 Å². The standard InChI is InChI=1S/C19H18N2O2S/c1-14(2)23-18(22)11-10-15-13-21(16-7-4-3-5-8-16)20-19(15)17-9-6-12-24-17/h3-14H,1-2H3. The fraction of sp³-hybridized carbons (Fsp3) is 0.158. The van der Waals surface area contributed by atoms with Gasteiger partial charge in [0.15, 0.2) is 0 Å². The average Bonchev–Trinajstić information content (AvgIpc) is 3.22. The first kappa shape index (κ1) is 16.2. The van der Waals surface area contributed by atoms with E-state index in [-0.39, 0.29) is 12.1 Å². The SMILES string of the molecule is CC(C)OC(=O)C=Cc1cn(-c2ccccc2)nc1-c1cccs1. The third-order valence-corrected chi connectivity index (χ3v) is 4.15. The first-order valence-corrected chi connectivity index (χ1v) is 8.59. The van der Waals surface area contributed by atoms with Gasteiger partial charge in [0.1, 0.15) is 5.69 Å². The summed E-state index contributed by atoms with van der Waals surface area (Å²) in [6, 6.07) is 13.9. The zero-order chi connectivity index (χ0) is 16.9. The molecule has 4 nitrogen and oxygen atoms in total. The van der Waals surface area contributed by atoms with Gasteiger partial charge in [0.25, 0.3) is 0 Å². The van der Waals surface area contributed by atoms with Crippen LogP contribution in [0.5, 0.6) is 0 Å². The smallest absolute Gasteiger partial charge is 0.331 e. The Balaban J connectivity index is 1.96. The highest BCUT2D eigenvalue weighted by Crippen LogP contribution is 2.28. The predicted octanol–water partition coefficient (Wildman–Crippen LogP) is 4.57. The van der Waals surface area contributed by atoms with Gasteiger partial charge >= 0.3 is 5.97 Å². The molecule has 0 saturated heterocycles. The normalized spacial score (nSPS) is 11.3. The molecule has 0 saturated carbocycles. The van der Waals surface area contributed by atoms with E-state index in [9.17, 15) is 4.79 Å². The van der Waals surface area contributed by atoms with Crippen LogP contribution in [0.15, 0.2) is 60.1 Å². The molecular formula is C19H18N2O2S. The fourth-order valence-electron chi connectivity index (χ4n) is 2.26. The van der Waals surface area contributed by atoms with Crippen molar-refractivity contribution >= 4 is 23.4 Å². The summed E-state index contributed by atoms with van der Waals surface area (Å²) in [6.07, 6.45) is 4.99. The van der Waals surface area contributed by atoms with Crippen LogP contribution in [0.1, 0.15) is 19.4 Å². The molecule has 0 aliphatic heterocycles. The Morgan fingerprint density at radius 1 is 1.21 bits per heavy atom. The van der Waals surface area contributed by atoms with Gasteiger partial charge in [0, 0.05) is 17.8 Å². The van der Waals surface area contributed by atoms with Gasteiger partial charge in [-0.05, 0) is 43.5 Å². The highest BCUT2D eigenvalue weighted by molar-refractivity contribution is 7.13. The third kappa shape index (κ3) is 3.81. The Kier molecular flexibility index (Phi) is 4.91. The Morgan fingerprint density at radius 2 is 2.00 bits per heavy atom. The van der Waals surface area contributed by atoms with Gasteiger partial charge in [0.2, 0.25) is 0 Å². The molecule has 122 valence electrons. The summed E-state index contributed by atoms with van der Waals surface area (Å²) in [5, 5.41) is 6.70. The first-order chi connectivity index (χ1) is 11.6. The Hall–Kier alpha value is -2.66. The molecule has 0 N–H and O–H groups in total. The molecule has 0 fully saturated rings. The summed E-state index contributed by atoms with van der Waals surface area (Å²) in [4.78, 5) is 12.8. The van der Waals surface area contributed by atoms with Crippen molar-refractivity contribution < 1.29 is 9.53 Å². The van der Waals surface area contributed by atoms with Crippen molar-refractivity contribution in [2.75, 3.05) is 0 Å². The second-order valence-electron chi connectivity index (χ2n) is 5.51. The van der Waals surface area contributed by atoms with Crippen molar-refractivity contribution in [2.24, 2.45) is 0 Å². The number of nitrogens with zero attached hydrogens (tertiary/aromatic N) is 2. The van der Waals surface area contributed by atoms with E-state index in [4.69, 9.17) is 4.74 Å². The maximum atomic E-state index is 11.8. The molecule has 0 aliphatic carbocycles. The largest absolute Gasteiger partial charge is 0.460 e. The van der Waals surface area contributed by atoms with Crippen LogP contribution in [-0.4, -0.2) is 21.9 Å². The summed E-state index contributed by atoms with van der Waals surface area (Å²) in [5.74, 6) is -0.352. The molecule has 0 bridgehead atoms. The molecule has 0 atom stereocenters. The van der Waals surface area contributed by atoms with Crippen molar-refractivity contribution in [2.45, 2.75) is 20.0 Å². The van der Waals surface area contributed by atoms with Gasteiger partial charge in [-0.25, -0.2) is 9.48 Å². The first-order valence-electron chi connectivity index (χ1n) is 7.71. The summed E-state index contributed by atoms with van der Waals surface area (Å²) >= 11 is 1.62. The minimum absolute atomic E-state index is 0.133. The molecule has 24 heavy (non-hydrogen) atoms. The Morgan fingerprint density at radius 3 is 2.67 bits per heavy atom. The van der Waals surface area contributed by atoms with Crippen molar-refractivity contribution in [1.29, 1.82) is 0 Å². The number of esters is 1. The second kappa shape index (κ2) is 7.27. The molecule has 0 aliphatic rings. The topological polar surface area (TPSA) is 44.1 Å². The summed E-state index contributed by atoms with van der Waals surface area (Å²) < 4.78 is 6.97. The lowest BCUT2D eigenvalue weighted by atomic mass is 10.2. The molecule has 0 amide bonds. The number of benzene rings is 1. The lowest BCUT2D eigenvalue weighted by molar-refractivity contribution is -0.141. The number of thiophene rings is 1. The van der Waals surface area contributed by atoms with Crippen LogP contribution in [0, 0.1) is 0 Å². The van der Waals surface area contributed by atoms with Crippen molar-refractivity contribution in [3.8, 4) is 16.3 Å². The van der Waals surface area contributed by atoms with Crippen LogP contribution in [0.3, 0.4) is 0 Å². The van der Waals surface area contributed by atoms with Crippen molar-refractivity contribution in [1.82, 2.24) is 9.78 Å². The number of rotatable bonds is 5. The van der Waals surface area contributed by atoms with Crippen LogP contribution in [0.2, 0.25) is 0 Å². The molecule has 0 unspecified atom stereocenters. The zero-order valence-electron chi connectivity index (χ0n) is 13.5. The monoisotopic (exact) mass is 338 g/mol. The highest BCUT2D eigenvalue weighted by Gasteiger charge is 2.12. The van der Waals surface area contributed by atoms with Crippen LogP contribution < -0.4 is 0 Å². The van der Waals surface area contributed by atoms with Crippen LogP contribution in [0.4, 0.5) is 0 Å². The van der Waals surface area contributed by atoms with Gasteiger partial charge in [-0.2, -0.15) is 5.10 Å². The van der Waals surface area contributed by atoms with Gasteiger partial charge in [0.05, 0.1) is 16.7 Å². The maximum Gasteiger partial charge on any atom is 0.331 e. The predicted molar refractivity (Wildman–Crippen MR) is 97.1 cm³/mol. The van der Waals surface area contributed by atoms with Gasteiger partial charge in [-0.3, -0.25) is 0 Å². The van der Waals surface area contributed by atoms with E-state index >= 15 is 0 Å². The quantitative estimate of drug-likeness (QED) is 0.506. The average molecular weight is 338 g/mol. The third-order valence-electron chi connectivity index (χ3n) is 3.27. The Labute approximate surface area is 145 Å². The van der Waals surface area contributed by atoms with Crippen LogP contribution in [-0.2, 0) is 9.53 Å². The highest BCUT2D eigenvalue weighted by atomic mass is 32.1. The lowest BCUT2D eigenvalue weighted by Crippen LogP contribution is -2.08. The lowest BCUT2D eigenvalue weighted by Gasteiger charge is -2.03. The molecule has 2 aromatic heterocycles. The van der Waals surface area contributed by atoms with E-state index in [1.54, 1.807) is 17.4 Å². The zero-order valence-corrected chi connectivity index (χ0v) is 14.4. The van der Waals surface area contributed by atoms with Crippen LogP contribution >= 0.6 is 11.3 Å². The van der Waals surface area contributed by atoms with E-state index < -0.39 is 0 Å². The van der Waals surface area contributed by atoms with Crippen LogP contribution in [0.25, 0.3) is 22.3 Å². The maximum absolute atomic E-state index is 11.8. The number of carbonyl (C=O) groups excluding carboxylic acids is 1. The number of ether oxygens (including phenoxy) is 1. The number of carbonyl (C=O) groups is 1. The minimum atomic E-state index is -0.352. The number of hydrogen-bond donors (Lipinski definition) is 0. The molecule has 3 rings (SSSR count). The van der Waals surface area contributed by atoms with E-state index in [1.165, 1.54) is 6.08 Å². The van der Waals surface area contributed by atoms with Crippen molar-refractivity contribution in [3.63, 3.8) is 0 Å². The molecule has 1 aromatic carbocycles. The van der Waals surface area contributed by atoms with E-state index in [2.05, 4.69) is 5.10 Å². The second-order valence-corrected chi connectivity index (χ2v) is 6.46. The molecule has 0 spiro atoms. The van der Waals surface area contributed by atoms with Gasteiger partial charge in [-0.15, -0.1) is 11.3 Å².